The van der Waals surface area contributed by atoms with Gasteiger partial charge in [0.25, 0.3) is 0 Å². The van der Waals surface area contributed by atoms with Crippen molar-refractivity contribution in [2.75, 3.05) is 19.8 Å². The quantitative estimate of drug-likeness (QED) is 0.195. The molecule has 1 aliphatic heterocycles. The smallest absolute Gasteiger partial charge is 0.238 e. The summed E-state index contributed by atoms with van der Waals surface area (Å²) in [6.45, 7) is 2.15. The van der Waals surface area contributed by atoms with Crippen LogP contribution in [-0.2, 0) is 11.4 Å². The van der Waals surface area contributed by atoms with Crippen LogP contribution in [0.2, 0.25) is 0 Å². The number of unbranched alkanes of at least 4 members (excludes halogenated alkanes) is 2. The summed E-state index contributed by atoms with van der Waals surface area (Å²) < 4.78 is 8.00. The number of phenolic OH excluding ortho intramolecular Hbond substituents is 1. The third-order valence-corrected chi connectivity index (χ3v) is 8.67. The minimum absolute atomic E-state index is 0.0649. The van der Waals surface area contributed by atoms with Gasteiger partial charge in [-0.15, -0.1) is 5.10 Å². The monoisotopic (exact) mass is 556 g/mol. The summed E-state index contributed by atoms with van der Waals surface area (Å²) in [4.78, 5) is 5.56. The summed E-state index contributed by atoms with van der Waals surface area (Å²) in [7, 11) is 0. The lowest BCUT2D eigenvalue weighted by atomic mass is 9.55. The molecule has 5 rings (SSSR count). The van der Waals surface area contributed by atoms with Gasteiger partial charge in [0.2, 0.25) is 5.79 Å². The first-order valence-corrected chi connectivity index (χ1v) is 14.3. The molecule has 11 nitrogen and oxygen atoms in total. The molecule has 40 heavy (non-hydrogen) atoms. The largest absolute Gasteiger partial charge is 0.508 e. The van der Waals surface area contributed by atoms with Gasteiger partial charge in [0, 0.05) is 31.1 Å². The number of nitrogens with zero attached hydrogens (tertiary/aromatic N) is 4. The van der Waals surface area contributed by atoms with E-state index >= 15 is 0 Å². The van der Waals surface area contributed by atoms with Gasteiger partial charge >= 0.3 is 0 Å². The molecule has 0 amide bonds. The molecule has 218 valence electrons. The molecule has 2 aliphatic carbocycles. The van der Waals surface area contributed by atoms with Gasteiger partial charge in [0.05, 0.1) is 30.1 Å². The average Bonchev–Trinajstić information content (AvgIpc) is 3.42. The topological polar surface area (TPSA) is 163 Å². The summed E-state index contributed by atoms with van der Waals surface area (Å²) in [5, 5.41) is 64.9. The molecule has 1 aromatic carbocycles. The molecule has 3 aliphatic rings. The Labute approximate surface area is 233 Å². The van der Waals surface area contributed by atoms with Crippen LogP contribution in [0.1, 0.15) is 75.1 Å². The molecule has 0 unspecified atom stereocenters. The van der Waals surface area contributed by atoms with Crippen LogP contribution in [0.5, 0.6) is 11.5 Å². The molecule has 2 aromatic rings. The number of aliphatic hydroxyl groups excluding tert-OH is 3. The van der Waals surface area contributed by atoms with E-state index < -0.39 is 17.7 Å². The maximum Gasteiger partial charge on any atom is 0.238 e. The third-order valence-electron chi connectivity index (χ3n) is 8.67. The number of aliphatic hydroxyl groups is 4. The molecular formula is C29H40N4O7. The molecule has 0 spiro atoms. The van der Waals surface area contributed by atoms with E-state index in [1.165, 1.54) is 10.9 Å². The number of aromatic nitrogens is 3. The SMILES string of the molecule is CCON=C1C[C@H](n2nncc2CO)[C@@]2(O)Oc3ccc(O)cc3[C@H]3[C@H](CCCCO)[C@@H](CCCCO)C=C1[C@H]32. The molecular weight excluding hydrogens is 516 g/mol. The van der Waals surface area contributed by atoms with Gasteiger partial charge in [-0.05, 0) is 68.2 Å². The number of hydrogen-bond acceptors (Lipinski definition) is 10. The maximum atomic E-state index is 12.6. The van der Waals surface area contributed by atoms with Crippen molar-refractivity contribution < 1.29 is 35.1 Å². The highest BCUT2D eigenvalue weighted by atomic mass is 16.6. The summed E-state index contributed by atoms with van der Waals surface area (Å²) in [5.41, 5.74) is 2.79. The number of rotatable bonds is 12. The van der Waals surface area contributed by atoms with E-state index in [0.717, 1.165) is 36.8 Å². The van der Waals surface area contributed by atoms with Crippen LogP contribution in [0.15, 0.2) is 41.2 Å². The van der Waals surface area contributed by atoms with Crippen molar-refractivity contribution in [3.8, 4) is 11.5 Å². The number of hydrogen-bond donors (Lipinski definition) is 5. The van der Waals surface area contributed by atoms with Crippen molar-refractivity contribution in [2.45, 2.75) is 76.2 Å². The van der Waals surface area contributed by atoms with E-state index in [2.05, 4.69) is 21.5 Å². The first-order valence-electron chi connectivity index (χ1n) is 14.3. The zero-order valence-electron chi connectivity index (χ0n) is 22.9. The van der Waals surface area contributed by atoms with Gasteiger partial charge < -0.3 is 35.1 Å². The van der Waals surface area contributed by atoms with E-state index in [0.29, 0.717) is 36.6 Å². The number of fused-ring (bicyclic) bond motifs is 2. The van der Waals surface area contributed by atoms with Crippen molar-refractivity contribution in [3.05, 3.63) is 47.3 Å². The van der Waals surface area contributed by atoms with Crippen molar-refractivity contribution in [1.82, 2.24) is 15.0 Å². The van der Waals surface area contributed by atoms with Crippen LogP contribution in [0.25, 0.3) is 0 Å². The Morgan fingerprint density at radius 2 is 1.90 bits per heavy atom. The summed E-state index contributed by atoms with van der Waals surface area (Å²) in [6, 6.07) is 4.21. The van der Waals surface area contributed by atoms with E-state index in [4.69, 9.17) is 9.57 Å². The predicted molar refractivity (Wildman–Crippen MR) is 146 cm³/mol. The second-order valence-corrected chi connectivity index (χ2v) is 11.0. The molecule has 6 atom stereocenters. The van der Waals surface area contributed by atoms with Crippen molar-refractivity contribution in [1.29, 1.82) is 0 Å². The Balaban J connectivity index is 1.71. The average molecular weight is 557 g/mol. The van der Waals surface area contributed by atoms with Crippen LogP contribution >= 0.6 is 0 Å². The van der Waals surface area contributed by atoms with Crippen LogP contribution < -0.4 is 4.74 Å². The highest BCUT2D eigenvalue weighted by Crippen LogP contribution is 2.62. The zero-order valence-corrected chi connectivity index (χ0v) is 22.9. The fourth-order valence-electron chi connectivity index (χ4n) is 6.99. The van der Waals surface area contributed by atoms with Crippen LogP contribution in [0.4, 0.5) is 0 Å². The third kappa shape index (κ3) is 5.11. The lowest BCUT2D eigenvalue weighted by molar-refractivity contribution is -0.225. The second-order valence-electron chi connectivity index (χ2n) is 11.0. The maximum absolute atomic E-state index is 12.6. The molecule has 11 heteroatoms. The van der Waals surface area contributed by atoms with Crippen molar-refractivity contribution in [2.24, 2.45) is 22.9 Å². The molecule has 0 saturated heterocycles. The predicted octanol–water partition coefficient (Wildman–Crippen LogP) is 2.79. The van der Waals surface area contributed by atoms with Crippen molar-refractivity contribution >= 4 is 5.71 Å². The first-order chi connectivity index (χ1) is 19.5. The Bertz CT molecular complexity index is 1230. The van der Waals surface area contributed by atoms with Gasteiger partial charge in [-0.1, -0.05) is 29.3 Å². The van der Waals surface area contributed by atoms with E-state index in [-0.39, 0.29) is 49.7 Å². The number of phenols is 1. The van der Waals surface area contributed by atoms with Crippen molar-refractivity contribution in [3.63, 3.8) is 0 Å². The molecule has 2 heterocycles. The van der Waals surface area contributed by atoms with Gasteiger partial charge in [0.15, 0.2) is 0 Å². The standard InChI is InChI=1S/C29H40N4O7/c1-2-39-31-24-15-26(33-19(17-36)16-30-32-33)29(38)28-22(24)13-18(7-3-5-11-34)21(8-4-6-12-35)27(28)23-14-20(37)9-10-25(23)40-29/h9-10,13-14,16,18,21,26-28,34-38H,2-8,11-12,15,17H2,1H3/t18-,21+,26-,27+,28+,29+/m0/s1. The van der Waals surface area contributed by atoms with Crippen LogP contribution in [0.3, 0.4) is 0 Å². The first kappa shape index (κ1) is 28.5. The Morgan fingerprint density at radius 3 is 2.62 bits per heavy atom. The molecule has 0 bridgehead atoms. The van der Waals surface area contributed by atoms with Gasteiger partial charge in [-0.2, -0.15) is 0 Å². The number of allylic oxidation sites excluding steroid dienone is 1. The normalized spacial score (nSPS) is 29.9. The highest BCUT2D eigenvalue weighted by Gasteiger charge is 2.63. The molecule has 5 N–H and O–H groups in total. The lowest BCUT2D eigenvalue weighted by Gasteiger charge is -2.56. The molecule has 1 aromatic heterocycles. The number of aromatic hydroxyl groups is 1. The molecule has 1 saturated carbocycles. The van der Waals surface area contributed by atoms with E-state index in [1.807, 2.05) is 6.92 Å². The zero-order chi connectivity index (χ0) is 28.3. The Morgan fingerprint density at radius 1 is 1.12 bits per heavy atom. The summed E-state index contributed by atoms with van der Waals surface area (Å²) >= 11 is 0. The van der Waals surface area contributed by atoms with Gasteiger partial charge in [-0.3, -0.25) is 0 Å². The number of benzene rings is 1. The number of oxime groups is 1. The Kier molecular flexibility index (Phi) is 8.74. The van der Waals surface area contributed by atoms with E-state index in [9.17, 15) is 25.5 Å². The Hall–Kier alpha value is -2.99. The fraction of sp³-hybridized carbons (Fsp3) is 0.621. The second kappa shape index (κ2) is 12.3. The lowest BCUT2D eigenvalue weighted by Crippen LogP contribution is -2.62. The minimum Gasteiger partial charge on any atom is -0.508 e. The fourth-order valence-corrected chi connectivity index (χ4v) is 6.99. The number of ether oxygens (including phenoxy) is 1. The summed E-state index contributed by atoms with van der Waals surface area (Å²) in [5.74, 6) is -1.78. The van der Waals surface area contributed by atoms with Crippen LogP contribution in [-0.4, -0.2) is 71.8 Å². The van der Waals surface area contributed by atoms with Crippen LogP contribution in [0, 0.1) is 17.8 Å². The molecule has 0 radical (unpaired) electrons. The minimum atomic E-state index is -1.76. The van der Waals surface area contributed by atoms with Gasteiger partial charge in [0.1, 0.15) is 24.1 Å². The summed E-state index contributed by atoms with van der Waals surface area (Å²) in [6.07, 6.45) is 8.56. The highest BCUT2D eigenvalue weighted by molar-refractivity contribution is 6.02. The van der Waals surface area contributed by atoms with Gasteiger partial charge in [-0.25, -0.2) is 4.68 Å². The van der Waals surface area contributed by atoms with E-state index in [1.54, 1.807) is 18.2 Å². The molecule has 1 fully saturated rings.